The summed E-state index contributed by atoms with van der Waals surface area (Å²) in [6.07, 6.45) is 0. The van der Waals surface area contributed by atoms with E-state index in [1.807, 2.05) is 0 Å². The molecule has 1 amide bonds. The molecule has 1 heterocycles. The van der Waals surface area contributed by atoms with Crippen molar-refractivity contribution in [3.8, 4) is 0 Å². The van der Waals surface area contributed by atoms with Crippen molar-refractivity contribution in [2.24, 2.45) is 0 Å². The van der Waals surface area contributed by atoms with Gasteiger partial charge in [0, 0.05) is 34.3 Å². The van der Waals surface area contributed by atoms with Crippen LogP contribution in [0.25, 0.3) is 10.1 Å². The maximum Gasteiger partial charge on any atom is 0.349 e. The molecular formula is C20H17ClFNO4S. The van der Waals surface area contributed by atoms with E-state index in [2.05, 4.69) is 5.32 Å². The lowest BCUT2D eigenvalue weighted by molar-refractivity contribution is -0.124. The Morgan fingerprint density at radius 3 is 2.64 bits per heavy atom. The number of carbonyl (C=O) groups is 2. The van der Waals surface area contributed by atoms with Crippen LogP contribution in [0.15, 0.2) is 42.5 Å². The van der Waals surface area contributed by atoms with E-state index in [0.29, 0.717) is 20.7 Å². The zero-order valence-electron chi connectivity index (χ0n) is 15.0. The summed E-state index contributed by atoms with van der Waals surface area (Å²) in [5.41, 5.74) is 1.29. The molecule has 8 heteroatoms. The van der Waals surface area contributed by atoms with E-state index >= 15 is 0 Å². The number of hydrogen-bond donors (Lipinski definition) is 1. The van der Waals surface area contributed by atoms with Gasteiger partial charge in [-0.2, -0.15) is 0 Å². The molecule has 0 spiro atoms. The second kappa shape index (κ2) is 9.14. The summed E-state index contributed by atoms with van der Waals surface area (Å²) in [4.78, 5) is 24.6. The second-order valence-electron chi connectivity index (χ2n) is 5.94. The van der Waals surface area contributed by atoms with Crippen LogP contribution < -0.4 is 5.32 Å². The lowest BCUT2D eigenvalue weighted by Gasteiger charge is -2.07. The zero-order chi connectivity index (χ0) is 20.1. The van der Waals surface area contributed by atoms with Crippen LogP contribution in [-0.4, -0.2) is 25.6 Å². The van der Waals surface area contributed by atoms with Crippen LogP contribution in [0.2, 0.25) is 5.02 Å². The third-order valence-electron chi connectivity index (χ3n) is 3.97. The first-order chi connectivity index (χ1) is 13.5. The molecule has 2 aromatic carbocycles. The Hall–Kier alpha value is -2.48. The minimum absolute atomic E-state index is 0.0636. The summed E-state index contributed by atoms with van der Waals surface area (Å²) in [6.45, 7) is -0.0831. The molecule has 0 radical (unpaired) electrons. The Morgan fingerprint density at radius 1 is 1.18 bits per heavy atom. The third kappa shape index (κ3) is 4.67. The molecule has 5 nitrogen and oxygen atoms in total. The fraction of sp³-hybridized carbons (Fsp3) is 0.200. The topological polar surface area (TPSA) is 64.6 Å². The van der Waals surface area contributed by atoms with Crippen LogP contribution in [0.5, 0.6) is 0 Å². The van der Waals surface area contributed by atoms with Gasteiger partial charge in [0.1, 0.15) is 10.7 Å². The highest BCUT2D eigenvalue weighted by atomic mass is 35.5. The van der Waals surface area contributed by atoms with Gasteiger partial charge in [-0.3, -0.25) is 4.79 Å². The van der Waals surface area contributed by atoms with Gasteiger partial charge < -0.3 is 14.8 Å². The van der Waals surface area contributed by atoms with E-state index in [4.69, 9.17) is 21.1 Å². The molecule has 28 heavy (non-hydrogen) atoms. The largest absolute Gasteiger partial charge is 0.451 e. The van der Waals surface area contributed by atoms with Gasteiger partial charge in [-0.15, -0.1) is 11.3 Å². The first kappa shape index (κ1) is 20.3. The average molecular weight is 422 g/mol. The van der Waals surface area contributed by atoms with E-state index in [-0.39, 0.29) is 18.0 Å². The Morgan fingerprint density at radius 2 is 1.93 bits per heavy atom. The highest BCUT2D eigenvalue weighted by Crippen LogP contribution is 2.34. The number of ether oxygens (including phenoxy) is 2. The number of methoxy groups -OCH3 is 1. The summed E-state index contributed by atoms with van der Waals surface area (Å²) in [5.74, 6) is -1.56. The van der Waals surface area contributed by atoms with E-state index in [1.54, 1.807) is 36.4 Å². The SMILES string of the molecule is COCc1c(C(=O)OCC(=O)NCc2ccc(Cl)cc2)sc2cccc(F)c12. The number of amides is 1. The second-order valence-corrected chi connectivity index (χ2v) is 7.42. The molecular weight excluding hydrogens is 405 g/mol. The Balaban J connectivity index is 1.64. The highest BCUT2D eigenvalue weighted by molar-refractivity contribution is 7.21. The molecule has 0 aliphatic rings. The Labute approximate surface area is 170 Å². The first-order valence-electron chi connectivity index (χ1n) is 8.36. The average Bonchev–Trinajstić information content (AvgIpc) is 3.06. The van der Waals surface area contributed by atoms with Crippen LogP contribution in [0.4, 0.5) is 4.39 Å². The summed E-state index contributed by atoms with van der Waals surface area (Å²) in [6, 6.07) is 11.6. The van der Waals surface area contributed by atoms with Gasteiger partial charge in [0.25, 0.3) is 5.91 Å². The molecule has 146 valence electrons. The first-order valence-corrected chi connectivity index (χ1v) is 9.56. The minimum atomic E-state index is -0.686. The quantitative estimate of drug-likeness (QED) is 0.577. The normalized spacial score (nSPS) is 10.8. The van der Waals surface area contributed by atoms with Crippen molar-refractivity contribution in [1.29, 1.82) is 0 Å². The van der Waals surface area contributed by atoms with Crippen LogP contribution >= 0.6 is 22.9 Å². The smallest absolute Gasteiger partial charge is 0.349 e. The van der Waals surface area contributed by atoms with Crippen molar-refractivity contribution in [2.75, 3.05) is 13.7 Å². The van der Waals surface area contributed by atoms with Crippen LogP contribution in [0.3, 0.4) is 0 Å². The van der Waals surface area contributed by atoms with Crippen molar-refractivity contribution in [1.82, 2.24) is 5.32 Å². The van der Waals surface area contributed by atoms with Gasteiger partial charge in [0.2, 0.25) is 0 Å². The van der Waals surface area contributed by atoms with Gasteiger partial charge in [0.05, 0.1) is 6.61 Å². The molecule has 1 N–H and O–H groups in total. The molecule has 0 aliphatic heterocycles. The number of carbonyl (C=O) groups excluding carboxylic acids is 2. The molecule has 0 unspecified atom stereocenters. The number of hydrogen-bond acceptors (Lipinski definition) is 5. The van der Waals surface area contributed by atoms with E-state index in [1.165, 1.54) is 13.2 Å². The molecule has 0 aliphatic carbocycles. The van der Waals surface area contributed by atoms with E-state index in [0.717, 1.165) is 16.9 Å². The van der Waals surface area contributed by atoms with Crippen molar-refractivity contribution in [3.05, 3.63) is 69.3 Å². The summed E-state index contributed by atoms with van der Waals surface area (Å²) >= 11 is 6.93. The molecule has 0 saturated carbocycles. The molecule has 1 aromatic heterocycles. The van der Waals surface area contributed by atoms with Crippen molar-refractivity contribution >= 4 is 44.9 Å². The highest BCUT2D eigenvalue weighted by Gasteiger charge is 2.22. The number of benzene rings is 2. The fourth-order valence-corrected chi connectivity index (χ4v) is 3.91. The fourth-order valence-electron chi connectivity index (χ4n) is 2.66. The monoisotopic (exact) mass is 421 g/mol. The van der Waals surface area contributed by atoms with Gasteiger partial charge in [-0.1, -0.05) is 29.8 Å². The molecule has 0 atom stereocenters. The van der Waals surface area contributed by atoms with Gasteiger partial charge in [-0.25, -0.2) is 9.18 Å². The number of nitrogens with one attached hydrogen (secondary N) is 1. The molecule has 0 bridgehead atoms. The number of halogens is 2. The van der Waals surface area contributed by atoms with Crippen molar-refractivity contribution in [3.63, 3.8) is 0 Å². The maximum atomic E-state index is 14.2. The predicted molar refractivity (Wildman–Crippen MR) is 106 cm³/mol. The van der Waals surface area contributed by atoms with Gasteiger partial charge >= 0.3 is 5.97 Å². The zero-order valence-corrected chi connectivity index (χ0v) is 16.5. The maximum absolute atomic E-state index is 14.2. The van der Waals surface area contributed by atoms with Gasteiger partial charge in [0.15, 0.2) is 6.61 Å². The number of fused-ring (bicyclic) bond motifs is 1. The lowest BCUT2D eigenvalue weighted by atomic mass is 10.1. The Kier molecular flexibility index (Phi) is 6.61. The molecule has 3 aromatic rings. The van der Waals surface area contributed by atoms with Crippen LogP contribution in [-0.2, 0) is 27.4 Å². The minimum Gasteiger partial charge on any atom is -0.451 e. The van der Waals surface area contributed by atoms with Crippen LogP contribution in [0.1, 0.15) is 20.8 Å². The number of esters is 1. The Bertz CT molecular complexity index is 1000. The van der Waals surface area contributed by atoms with Crippen molar-refractivity contribution in [2.45, 2.75) is 13.2 Å². The third-order valence-corrected chi connectivity index (χ3v) is 5.40. The van der Waals surface area contributed by atoms with Crippen LogP contribution in [0, 0.1) is 5.82 Å². The lowest BCUT2D eigenvalue weighted by Crippen LogP contribution is -2.28. The standard InChI is InChI=1S/C20H17ClFNO4S/c1-26-10-14-18-15(22)3-2-4-16(18)28-19(14)20(25)27-11-17(24)23-9-12-5-7-13(21)8-6-12/h2-8H,9-11H2,1H3,(H,23,24). The molecule has 3 rings (SSSR count). The number of rotatable bonds is 7. The van der Waals surface area contributed by atoms with E-state index in [9.17, 15) is 14.0 Å². The van der Waals surface area contributed by atoms with Crippen molar-refractivity contribution < 1.29 is 23.5 Å². The summed E-state index contributed by atoms with van der Waals surface area (Å²) < 4.78 is 25.0. The molecule has 0 saturated heterocycles. The predicted octanol–water partition coefficient (Wildman–Crippen LogP) is 4.31. The number of thiophene rings is 1. The summed E-state index contributed by atoms with van der Waals surface area (Å²) in [7, 11) is 1.46. The molecule has 0 fully saturated rings. The van der Waals surface area contributed by atoms with Gasteiger partial charge in [-0.05, 0) is 29.8 Å². The van der Waals surface area contributed by atoms with E-state index < -0.39 is 24.3 Å². The summed E-state index contributed by atoms with van der Waals surface area (Å²) in [5, 5.41) is 3.61.